The Morgan fingerprint density at radius 2 is 1.65 bits per heavy atom. The maximum absolute atomic E-state index is 13.0. The second-order valence-corrected chi connectivity index (χ2v) is 8.51. The molecule has 0 fully saturated rings. The van der Waals surface area contributed by atoms with E-state index in [1.807, 2.05) is 84.4 Å². The number of aromatic nitrogens is 2. The molecule has 34 heavy (non-hydrogen) atoms. The number of aryl methyl sites for hydroxylation is 1. The van der Waals surface area contributed by atoms with Crippen LogP contribution in [0.4, 0.5) is 5.95 Å². The highest BCUT2D eigenvalue weighted by molar-refractivity contribution is 6.30. The number of hydrogen-bond acceptors (Lipinski definition) is 3. The summed E-state index contributed by atoms with van der Waals surface area (Å²) in [6, 6.07) is 24.9. The predicted molar refractivity (Wildman–Crippen MR) is 135 cm³/mol. The first-order valence-electron chi connectivity index (χ1n) is 10.9. The summed E-state index contributed by atoms with van der Waals surface area (Å²) < 4.78 is 1.83. The van der Waals surface area contributed by atoms with Crippen molar-refractivity contribution in [2.45, 2.75) is 20.4 Å². The van der Waals surface area contributed by atoms with Gasteiger partial charge >= 0.3 is 0 Å². The molecule has 1 aromatic heterocycles. The fourth-order valence-electron chi connectivity index (χ4n) is 3.55. The van der Waals surface area contributed by atoms with E-state index >= 15 is 0 Å². The number of carbonyl (C=O) groups is 2. The Labute approximate surface area is 203 Å². The average molecular weight is 473 g/mol. The lowest BCUT2D eigenvalue weighted by molar-refractivity contribution is -0.133. The molecule has 0 aliphatic rings. The van der Waals surface area contributed by atoms with Crippen LogP contribution in [-0.2, 0) is 16.1 Å². The number of anilines is 1. The van der Waals surface area contributed by atoms with Gasteiger partial charge in [0.15, 0.2) is 0 Å². The third kappa shape index (κ3) is 5.71. The molecule has 0 aliphatic heterocycles. The molecule has 0 saturated carbocycles. The van der Waals surface area contributed by atoms with Crippen LogP contribution >= 0.6 is 11.6 Å². The molecule has 0 saturated heterocycles. The average Bonchev–Trinajstić information content (AvgIpc) is 3.23. The molecular weight excluding hydrogens is 448 g/mol. The van der Waals surface area contributed by atoms with Crippen molar-refractivity contribution in [2.75, 3.05) is 11.9 Å². The van der Waals surface area contributed by atoms with Crippen LogP contribution in [0.1, 0.15) is 18.1 Å². The third-order valence-electron chi connectivity index (χ3n) is 5.41. The highest BCUT2D eigenvalue weighted by Gasteiger charge is 2.18. The van der Waals surface area contributed by atoms with E-state index in [-0.39, 0.29) is 18.4 Å². The number of nitrogens with one attached hydrogen (secondary N) is 1. The monoisotopic (exact) mass is 472 g/mol. The van der Waals surface area contributed by atoms with Crippen molar-refractivity contribution in [1.29, 1.82) is 0 Å². The van der Waals surface area contributed by atoms with Crippen LogP contribution in [0, 0.1) is 6.92 Å². The Hall–Kier alpha value is -3.90. The van der Waals surface area contributed by atoms with Gasteiger partial charge in [0, 0.05) is 35.9 Å². The number of carbonyl (C=O) groups excluding carboxylic acids is 2. The third-order valence-corrected chi connectivity index (χ3v) is 5.66. The molecule has 3 aromatic carbocycles. The van der Waals surface area contributed by atoms with E-state index in [1.54, 1.807) is 12.1 Å². The Morgan fingerprint density at radius 3 is 2.29 bits per heavy atom. The molecule has 7 heteroatoms. The summed E-state index contributed by atoms with van der Waals surface area (Å²) in [7, 11) is 0. The fraction of sp³-hybridized carbons (Fsp3) is 0.148. The lowest BCUT2D eigenvalue weighted by Crippen LogP contribution is -2.36. The maximum Gasteiger partial charge on any atom is 0.246 e. The zero-order chi connectivity index (χ0) is 24.1. The van der Waals surface area contributed by atoms with Gasteiger partial charge in [-0.25, -0.2) is 4.98 Å². The van der Waals surface area contributed by atoms with Crippen LogP contribution in [0.15, 0.2) is 85.1 Å². The first-order valence-corrected chi connectivity index (χ1v) is 11.3. The molecular formula is C27H25ClN4O2. The summed E-state index contributed by atoms with van der Waals surface area (Å²) in [5.74, 6) is -0.127. The van der Waals surface area contributed by atoms with Gasteiger partial charge in [0.25, 0.3) is 0 Å². The smallest absolute Gasteiger partial charge is 0.246 e. The maximum atomic E-state index is 13.0. The van der Waals surface area contributed by atoms with Crippen LogP contribution < -0.4 is 5.32 Å². The van der Waals surface area contributed by atoms with E-state index in [9.17, 15) is 9.59 Å². The molecule has 172 valence electrons. The Morgan fingerprint density at radius 1 is 0.971 bits per heavy atom. The van der Waals surface area contributed by atoms with E-state index in [4.69, 9.17) is 11.6 Å². The minimum atomic E-state index is -0.326. The molecule has 0 atom stereocenters. The Bertz CT molecular complexity index is 1280. The number of imidazole rings is 1. The van der Waals surface area contributed by atoms with Crippen molar-refractivity contribution in [2.24, 2.45) is 0 Å². The molecule has 6 nitrogen and oxygen atoms in total. The zero-order valence-electron chi connectivity index (χ0n) is 19.0. The van der Waals surface area contributed by atoms with E-state index in [1.165, 1.54) is 11.8 Å². The molecule has 1 heterocycles. The molecule has 2 amide bonds. The van der Waals surface area contributed by atoms with Gasteiger partial charge in [-0.2, -0.15) is 0 Å². The van der Waals surface area contributed by atoms with Crippen molar-refractivity contribution in [3.05, 3.63) is 101 Å². The van der Waals surface area contributed by atoms with Crippen LogP contribution in [-0.4, -0.2) is 32.8 Å². The van der Waals surface area contributed by atoms with Gasteiger partial charge in [-0.15, -0.1) is 0 Å². The van der Waals surface area contributed by atoms with Crippen molar-refractivity contribution in [3.63, 3.8) is 0 Å². The molecule has 4 rings (SSSR count). The van der Waals surface area contributed by atoms with Gasteiger partial charge in [-0.3, -0.25) is 19.5 Å². The first kappa shape index (κ1) is 23.3. The molecule has 0 radical (unpaired) electrons. The molecule has 4 aromatic rings. The Kier molecular flexibility index (Phi) is 7.09. The number of benzene rings is 3. The van der Waals surface area contributed by atoms with Crippen molar-refractivity contribution >= 4 is 29.4 Å². The minimum absolute atomic E-state index is 0.0821. The summed E-state index contributed by atoms with van der Waals surface area (Å²) in [4.78, 5) is 31.3. The molecule has 0 spiro atoms. The number of hydrogen-bond donors (Lipinski definition) is 1. The fourth-order valence-corrected chi connectivity index (χ4v) is 3.68. The van der Waals surface area contributed by atoms with E-state index in [0.29, 0.717) is 23.2 Å². The topological polar surface area (TPSA) is 67.2 Å². The summed E-state index contributed by atoms with van der Waals surface area (Å²) in [6.07, 6.45) is 1.87. The van der Waals surface area contributed by atoms with E-state index in [0.717, 1.165) is 22.4 Å². The van der Waals surface area contributed by atoms with Gasteiger partial charge in [0.1, 0.15) is 6.54 Å². The quantitative estimate of drug-likeness (QED) is 0.387. The second kappa shape index (κ2) is 10.4. The van der Waals surface area contributed by atoms with Gasteiger partial charge < -0.3 is 4.90 Å². The van der Waals surface area contributed by atoms with Crippen molar-refractivity contribution in [3.8, 4) is 16.9 Å². The van der Waals surface area contributed by atoms with E-state index in [2.05, 4.69) is 10.3 Å². The minimum Gasteiger partial charge on any atom is -0.329 e. The normalized spacial score (nSPS) is 10.7. The number of rotatable bonds is 7. The second-order valence-electron chi connectivity index (χ2n) is 8.07. The summed E-state index contributed by atoms with van der Waals surface area (Å²) >= 11 is 6.03. The van der Waals surface area contributed by atoms with Crippen LogP contribution in [0.3, 0.4) is 0 Å². The van der Waals surface area contributed by atoms with Crippen LogP contribution in [0.25, 0.3) is 16.9 Å². The lowest BCUT2D eigenvalue weighted by Gasteiger charge is -2.20. The highest BCUT2D eigenvalue weighted by atomic mass is 35.5. The lowest BCUT2D eigenvalue weighted by atomic mass is 10.2. The van der Waals surface area contributed by atoms with Crippen LogP contribution in [0.2, 0.25) is 5.02 Å². The summed E-state index contributed by atoms with van der Waals surface area (Å²) in [5, 5.41) is 3.53. The van der Waals surface area contributed by atoms with Gasteiger partial charge in [0.2, 0.25) is 17.8 Å². The molecule has 1 N–H and O–H groups in total. The predicted octanol–water partition coefficient (Wildman–Crippen LogP) is 5.49. The SMILES string of the molecule is CC(=O)N(CC(=O)Nc1nc(-c2ccc(Cl)cc2)cn1-c1ccc(C)cc1)Cc1ccccc1. The first-order chi connectivity index (χ1) is 16.4. The number of nitrogens with zero attached hydrogens (tertiary/aromatic N) is 3. The standard InChI is InChI=1S/C27H25ClN4O2/c1-19-8-14-24(15-9-19)32-17-25(22-10-12-23(28)13-11-22)29-27(32)30-26(34)18-31(20(2)33)16-21-6-4-3-5-7-21/h3-15,17H,16,18H2,1-2H3,(H,29,30,34). The largest absolute Gasteiger partial charge is 0.329 e. The zero-order valence-corrected chi connectivity index (χ0v) is 19.8. The van der Waals surface area contributed by atoms with Crippen molar-refractivity contribution < 1.29 is 9.59 Å². The molecule has 0 bridgehead atoms. The highest BCUT2D eigenvalue weighted by Crippen LogP contribution is 2.26. The Balaban J connectivity index is 1.60. The molecule has 0 aliphatic carbocycles. The number of amides is 2. The van der Waals surface area contributed by atoms with E-state index < -0.39 is 0 Å². The van der Waals surface area contributed by atoms with Gasteiger partial charge in [0.05, 0.1) is 5.69 Å². The number of halogens is 1. The summed E-state index contributed by atoms with van der Waals surface area (Å²) in [5.41, 5.74) is 4.52. The van der Waals surface area contributed by atoms with Gasteiger partial charge in [-0.1, -0.05) is 71.8 Å². The van der Waals surface area contributed by atoms with Crippen LogP contribution in [0.5, 0.6) is 0 Å². The summed E-state index contributed by atoms with van der Waals surface area (Å²) in [6.45, 7) is 3.75. The van der Waals surface area contributed by atoms with Crippen molar-refractivity contribution in [1.82, 2.24) is 14.5 Å². The molecule has 0 unspecified atom stereocenters. The van der Waals surface area contributed by atoms with Gasteiger partial charge in [-0.05, 0) is 36.8 Å².